The van der Waals surface area contributed by atoms with Crippen molar-refractivity contribution in [2.45, 2.75) is 9.50 Å². The van der Waals surface area contributed by atoms with Gasteiger partial charge in [-0.15, -0.1) is 21.5 Å². The van der Waals surface area contributed by atoms with Crippen LogP contribution in [-0.4, -0.2) is 25.7 Å². The molecule has 1 N–H and O–H groups in total. The second-order valence-electron chi connectivity index (χ2n) is 5.26. The lowest BCUT2D eigenvalue weighted by Gasteiger charge is -2.01. The maximum absolute atomic E-state index is 12.2. The van der Waals surface area contributed by atoms with Gasteiger partial charge in [0.15, 0.2) is 15.3 Å². The maximum atomic E-state index is 12.2. The maximum Gasteiger partial charge on any atom is 0.256 e. The van der Waals surface area contributed by atoms with Gasteiger partial charge in [0.2, 0.25) is 0 Å². The van der Waals surface area contributed by atoms with E-state index < -0.39 is 0 Å². The average Bonchev–Trinajstić information content (AvgIpc) is 3.39. The summed E-state index contributed by atoms with van der Waals surface area (Å²) < 4.78 is 2.74. The molecule has 4 aromatic rings. The molecule has 0 spiro atoms. The summed E-state index contributed by atoms with van der Waals surface area (Å²) in [6.07, 6.45) is 1.66. The minimum atomic E-state index is -0.149. The van der Waals surface area contributed by atoms with Crippen LogP contribution in [-0.2, 0) is 7.05 Å². The minimum absolute atomic E-state index is 0.149. The first kappa shape index (κ1) is 17.0. The number of benzene rings is 1. The van der Waals surface area contributed by atoms with Crippen molar-refractivity contribution in [3.8, 4) is 10.7 Å². The fraction of sp³-hybridized carbons (Fsp3) is 0.0588. The molecule has 6 nitrogen and oxygen atoms in total. The van der Waals surface area contributed by atoms with Gasteiger partial charge in [-0.05, 0) is 35.3 Å². The fourth-order valence-corrected chi connectivity index (χ4v) is 4.75. The highest BCUT2D eigenvalue weighted by atomic mass is 32.2. The van der Waals surface area contributed by atoms with Gasteiger partial charge in [-0.2, -0.15) is 0 Å². The van der Waals surface area contributed by atoms with E-state index in [0.717, 1.165) is 20.2 Å². The number of amides is 1. The Labute approximate surface area is 161 Å². The van der Waals surface area contributed by atoms with Crippen molar-refractivity contribution in [2.24, 2.45) is 7.05 Å². The number of anilines is 1. The van der Waals surface area contributed by atoms with Crippen molar-refractivity contribution in [3.05, 3.63) is 59.6 Å². The van der Waals surface area contributed by atoms with E-state index in [-0.39, 0.29) is 5.91 Å². The molecule has 0 unspecified atom stereocenters. The third-order valence-corrected chi connectivity index (χ3v) is 6.40. The molecular formula is C17H13N5OS3. The number of hydrogen-bond donors (Lipinski definition) is 1. The van der Waals surface area contributed by atoms with Gasteiger partial charge in [-0.25, -0.2) is 4.98 Å². The number of carbonyl (C=O) groups excluding carboxylic acids is 1. The Hall–Kier alpha value is -2.49. The lowest BCUT2D eigenvalue weighted by Crippen LogP contribution is -2.10. The van der Waals surface area contributed by atoms with Gasteiger partial charge < -0.3 is 9.88 Å². The number of thiophene rings is 1. The van der Waals surface area contributed by atoms with Gasteiger partial charge in [0.25, 0.3) is 5.91 Å². The van der Waals surface area contributed by atoms with Crippen molar-refractivity contribution in [1.82, 2.24) is 19.7 Å². The van der Waals surface area contributed by atoms with Gasteiger partial charge in [-0.3, -0.25) is 4.79 Å². The lowest BCUT2D eigenvalue weighted by molar-refractivity contribution is 0.102. The van der Waals surface area contributed by atoms with Crippen LogP contribution in [0.2, 0.25) is 0 Å². The minimum Gasteiger partial charge on any atom is -0.312 e. The third kappa shape index (κ3) is 3.55. The molecule has 0 aliphatic heterocycles. The summed E-state index contributed by atoms with van der Waals surface area (Å²) in [5, 5.41) is 14.8. The molecule has 9 heteroatoms. The smallest absolute Gasteiger partial charge is 0.256 e. The molecule has 1 aromatic carbocycles. The van der Waals surface area contributed by atoms with E-state index in [9.17, 15) is 4.79 Å². The van der Waals surface area contributed by atoms with Gasteiger partial charge in [-0.1, -0.05) is 35.6 Å². The fourth-order valence-electron chi connectivity index (χ4n) is 2.24. The van der Waals surface area contributed by atoms with Crippen LogP contribution < -0.4 is 5.32 Å². The quantitative estimate of drug-likeness (QED) is 0.538. The number of carbonyl (C=O) groups is 1. The van der Waals surface area contributed by atoms with E-state index in [2.05, 4.69) is 20.5 Å². The largest absolute Gasteiger partial charge is 0.312 e. The normalized spacial score (nSPS) is 10.8. The van der Waals surface area contributed by atoms with E-state index in [0.29, 0.717) is 10.6 Å². The summed E-state index contributed by atoms with van der Waals surface area (Å²) in [6.45, 7) is 0. The number of thiazole rings is 1. The van der Waals surface area contributed by atoms with Crippen LogP contribution in [0.15, 0.2) is 63.5 Å². The molecule has 3 heterocycles. The first-order valence-electron chi connectivity index (χ1n) is 7.64. The summed E-state index contributed by atoms with van der Waals surface area (Å²) in [7, 11) is 1.93. The zero-order valence-electron chi connectivity index (χ0n) is 13.6. The van der Waals surface area contributed by atoms with Crippen LogP contribution >= 0.6 is 34.4 Å². The predicted molar refractivity (Wildman–Crippen MR) is 105 cm³/mol. The molecule has 1 amide bonds. The van der Waals surface area contributed by atoms with Crippen LogP contribution in [0.5, 0.6) is 0 Å². The lowest BCUT2D eigenvalue weighted by atomic mass is 10.2. The second-order valence-corrected chi connectivity index (χ2v) is 8.45. The topological polar surface area (TPSA) is 72.7 Å². The van der Waals surface area contributed by atoms with E-state index in [1.165, 1.54) is 23.1 Å². The monoisotopic (exact) mass is 399 g/mol. The Morgan fingerprint density at radius 3 is 2.77 bits per heavy atom. The Morgan fingerprint density at radius 2 is 2.00 bits per heavy atom. The van der Waals surface area contributed by atoms with E-state index in [4.69, 9.17) is 0 Å². The van der Waals surface area contributed by atoms with Gasteiger partial charge in [0, 0.05) is 12.6 Å². The highest BCUT2D eigenvalue weighted by Gasteiger charge is 2.15. The Morgan fingerprint density at radius 1 is 1.15 bits per heavy atom. The Bertz CT molecular complexity index is 1020. The van der Waals surface area contributed by atoms with E-state index in [1.807, 2.05) is 47.3 Å². The van der Waals surface area contributed by atoms with Gasteiger partial charge >= 0.3 is 0 Å². The van der Waals surface area contributed by atoms with Crippen LogP contribution in [0.1, 0.15) is 10.4 Å². The summed E-state index contributed by atoms with van der Waals surface area (Å²) >= 11 is 4.46. The van der Waals surface area contributed by atoms with Crippen molar-refractivity contribution in [1.29, 1.82) is 0 Å². The van der Waals surface area contributed by atoms with Crippen LogP contribution in [0.4, 0.5) is 5.00 Å². The van der Waals surface area contributed by atoms with E-state index >= 15 is 0 Å². The summed E-state index contributed by atoms with van der Waals surface area (Å²) in [6, 6.07) is 13.1. The molecule has 130 valence electrons. The number of rotatable bonds is 5. The van der Waals surface area contributed by atoms with Crippen LogP contribution in [0.25, 0.3) is 10.7 Å². The zero-order chi connectivity index (χ0) is 17.9. The number of aromatic nitrogens is 4. The molecular weight excluding hydrogens is 386 g/mol. The highest BCUT2D eigenvalue weighted by Crippen LogP contribution is 2.34. The van der Waals surface area contributed by atoms with Crippen molar-refractivity contribution in [3.63, 3.8) is 0 Å². The third-order valence-electron chi connectivity index (χ3n) is 3.51. The summed E-state index contributed by atoms with van der Waals surface area (Å²) in [5.74, 6) is 0.682. The SMILES string of the molecule is Cn1c(Sc2ncc(NC(=O)c3ccccc3)s2)nnc1-c1cccs1. The highest BCUT2D eigenvalue weighted by molar-refractivity contribution is 8.01. The molecule has 3 aromatic heterocycles. The average molecular weight is 400 g/mol. The molecule has 4 rings (SSSR count). The standard InChI is InChI=1S/C17H13N5OS3/c1-22-14(12-8-5-9-24-12)20-21-16(22)26-17-18-10-13(25-17)19-15(23)11-6-3-2-4-7-11/h2-10H,1H3,(H,19,23). The van der Waals surface area contributed by atoms with Crippen molar-refractivity contribution >= 4 is 45.3 Å². The molecule has 0 aliphatic carbocycles. The number of hydrogen-bond acceptors (Lipinski definition) is 7. The van der Waals surface area contributed by atoms with Crippen LogP contribution in [0, 0.1) is 0 Å². The summed E-state index contributed by atoms with van der Waals surface area (Å²) in [5.41, 5.74) is 0.615. The van der Waals surface area contributed by atoms with Crippen LogP contribution in [0.3, 0.4) is 0 Å². The first-order valence-corrected chi connectivity index (χ1v) is 10.2. The number of nitrogens with zero attached hydrogens (tertiary/aromatic N) is 4. The molecule has 26 heavy (non-hydrogen) atoms. The zero-order valence-corrected chi connectivity index (χ0v) is 16.1. The molecule has 0 bridgehead atoms. The van der Waals surface area contributed by atoms with Crippen molar-refractivity contribution < 1.29 is 4.79 Å². The molecule has 0 atom stereocenters. The van der Waals surface area contributed by atoms with Crippen molar-refractivity contribution in [2.75, 3.05) is 5.32 Å². The summed E-state index contributed by atoms with van der Waals surface area (Å²) in [4.78, 5) is 17.6. The van der Waals surface area contributed by atoms with E-state index in [1.54, 1.807) is 29.7 Å². The molecule has 0 saturated heterocycles. The number of nitrogens with one attached hydrogen (secondary N) is 1. The Kier molecular flexibility index (Phi) is 4.83. The second kappa shape index (κ2) is 7.40. The first-order chi connectivity index (χ1) is 12.7. The predicted octanol–water partition coefficient (Wildman–Crippen LogP) is 4.40. The molecule has 0 fully saturated rings. The molecule has 0 saturated carbocycles. The van der Waals surface area contributed by atoms with Gasteiger partial charge in [0.1, 0.15) is 5.00 Å². The Balaban J connectivity index is 1.47. The molecule has 0 aliphatic rings. The molecule has 0 radical (unpaired) electrons. The van der Waals surface area contributed by atoms with Gasteiger partial charge in [0.05, 0.1) is 11.1 Å².